The summed E-state index contributed by atoms with van der Waals surface area (Å²) in [6.07, 6.45) is 2.33. The van der Waals surface area contributed by atoms with Crippen molar-refractivity contribution in [2.75, 3.05) is 5.73 Å². The first-order chi connectivity index (χ1) is 8.56. The number of carbonyl (C=O) groups is 1. The number of aliphatic hydroxyl groups excluding tert-OH is 1. The van der Waals surface area contributed by atoms with Gasteiger partial charge < -0.3 is 16.2 Å². The zero-order chi connectivity index (χ0) is 13.1. The van der Waals surface area contributed by atoms with Crippen LogP contribution in [0.25, 0.3) is 0 Å². The van der Waals surface area contributed by atoms with Gasteiger partial charge in [0.25, 0.3) is 0 Å². The molecule has 4 heteroatoms. The molecule has 0 aromatic heterocycles. The number of nitrogen functional groups attached to an aromatic ring is 1. The first-order valence-electron chi connectivity index (χ1n) is 6.39. The summed E-state index contributed by atoms with van der Waals surface area (Å²) in [5.41, 5.74) is 8.25. The SMILES string of the molecule is Cc1ccc(C(O)CCC(=O)NC2CC2)cc1N. The standard InChI is InChI=1S/C14H20N2O2/c1-9-2-3-10(8-12(9)15)13(17)6-7-14(18)16-11-4-5-11/h2-3,8,11,13,17H,4-7,15H2,1H3,(H,16,18). The lowest BCUT2D eigenvalue weighted by Crippen LogP contribution is -2.25. The molecule has 1 aliphatic carbocycles. The second-order valence-corrected chi connectivity index (χ2v) is 5.01. The summed E-state index contributed by atoms with van der Waals surface area (Å²) in [6, 6.07) is 5.90. The Morgan fingerprint density at radius 1 is 1.56 bits per heavy atom. The number of aryl methyl sites for hydroxylation is 1. The fourth-order valence-corrected chi connectivity index (χ4v) is 1.83. The molecule has 0 aliphatic heterocycles. The lowest BCUT2D eigenvalue weighted by molar-refractivity contribution is -0.121. The van der Waals surface area contributed by atoms with Crippen molar-refractivity contribution < 1.29 is 9.90 Å². The highest BCUT2D eigenvalue weighted by molar-refractivity contribution is 5.76. The number of anilines is 1. The van der Waals surface area contributed by atoms with Crippen LogP contribution in [-0.4, -0.2) is 17.1 Å². The van der Waals surface area contributed by atoms with E-state index in [-0.39, 0.29) is 5.91 Å². The Morgan fingerprint density at radius 2 is 2.28 bits per heavy atom. The molecule has 98 valence electrons. The Morgan fingerprint density at radius 3 is 2.89 bits per heavy atom. The number of nitrogens with two attached hydrogens (primary N) is 1. The number of rotatable bonds is 5. The van der Waals surface area contributed by atoms with E-state index < -0.39 is 6.10 Å². The minimum absolute atomic E-state index is 0.0247. The zero-order valence-corrected chi connectivity index (χ0v) is 10.6. The third kappa shape index (κ3) is 3.47. The van der Waals surface area contributed by atoms with Crippen LogP contribution in [0.15, 0.2) is 18.2 Å². The number of hydrogen-bond donors (Lipinski definition) is 3. The van der Waals surface area contributed by atoms with E-state index in [0.717, 1.165) is 24.0 Å². The molecule has 1 unspecified atom stereocenters. The van der Waals surface area contributed by atoms with Gasteiger partial charge in [-0.3, -0.25) is 4.79 Å². The average Bonchev–Trinajstić information content (AvgIpc) is 3.13. The van der Waals surface area contributed by atoms with E-state index >= 15 is 0 Å². The van der Waals surface area contributed by atoms with Crippen LogP contribution >= 0.6 is 0 Å². The molecule has 2 rings (SSSR count). The van der Waals surface area contributed by atoms with Crippen molar-refractivity contribution in [1.82, 2.24) is 5.32 Å². The highest BCUT2D eigenvalue weighted by Crippen LogP contribution is 2.23. The molecule has 1 fully saturated rings. The Balaban J connectivity index is 1.84. The second kappa shape index (κ2) is 5.40. The molecule has 1 atom stereocenters. The molecule has 1 aromatic carbocycles. The molecule has 1 aliphatic rings. The molecule has 0 saturated heterocycles. The Labute approximate surface area is 107 Å². The molecule has 1 amide bonds. The van der Waals surface area contributed by atoms with Crippen molar-refractivity contribution in [2.45, 2.75) is 44.8 Å². The van der Waals surface area contributed by atoms with E-state index in [0.29, 0.717) is 24.6 Å². The van der Waals surface area contributed by atoms with Gasteiger partial charge in [-0.25, -0.2) is 0 Å². The van der Waals surface area contributed by atoms with E-state index in [9.17, 15) is 9.90 Å². The monoisotopic (exact) mass is 248 g/mol. The second-order valence-electron chi connectivity index (χ2n) is 5.01. The minimum Gasteiger partial charge on any atom is -0.399 e. The van der Waals surface area contributed by atoms with Crippen LogP contribution in [0.3, 0.4) is 0 Å². The number of nitrogens with one attached hydrogen (secondary N) is 1. The quantitative estimate of drug-likeness (QED) is 0.694. The highest BCUT2D eigenvalue weighted by atomic mass is 16.3. The van der Waals surface area contributed by atoms with Gasteiger partial charge in [0.2, 0.25) is 5.91 Å². The normalized spacial score (nSPS) is 16.3. The van der Waals surface area contributed by atoms with Crippen molar-refractivity contribution in [1.29, 1.82) is 0 Å². The summed E-state index contributed by atoms with van der Waals surface area (Å²) in [7, 11) is 0. The van der Waals surface area contributed by atoms with Gasteiger partial charge in [-0.15, -0.1) is 0 Å². The third-order valence-corrected chi connectivity index (χ3v) is 3.28. The van der Waals surface area contributed by atoms with Gasteiger partial charge in [-0.05, 0) is 43.4 Å². The number of amides is 1. The molecule has 0 spiro atoms. The predicted octanol–water partition coefficient (Wildman–Crippen LogP) is 1.67. The number of benzene rings is 1. The van der Waals surface area contributed by atoms with Crippen LogP contribution in [0.4, 0.5) is 5.69 Å². The highest BCUT2D eigenvalue weighted by Gasteiger charge is 2.23. The van der Waals surface area contributed by atoms with Crippen LogP contribution in [0.5, 0.6) is 0 Å². The summed E-state index contributed by atoms with van der Waals surface area (Å²) in [5.74, 6) is 0.0247. The molecule has 1 saturated carbocycles. The third-order valence-electron chi connectivity index (χ3n) is 3.28. The fraction of sp³-hybridized carbons (Fsp3) is 0.500. The van der Waals surface area contributed by atoms with E-state index in [4.69, 9.17) is 5.73 Å². The van der Waals surface area contributed by atoms with Crippen LogP contribution in [-0.2, 0) is 4.79 Å². The minimum atomic E-state index is -0.627. The van der Waals surface area contributed by atoms with Gasteiger partial charge in [0.15, 0.2) is 0 Å². The van der Waals surface area contributed by atoms with Gasteiger partial charge in [-0.2, -0.15) is 0 Å². The summed E-state index contributed by atoms with van der Waals surface area (Å²) in [4.78, 5) is 11.5. The molecule has 0 heterocycles. The number of hydrogen-bond acceptors (Lipinski definition) is 3. The Hall–Kier alpha value is -1.55. The lowest BCUT2D eigenvalue weighted by Gasteiger charge is -2.12. The van der Waals surface area contributed by atoms with E-state index in [1.165, 1.54) is 0 Å². The van der Waals surface area contributed by atoms with E-state index in [2.05, 4.69) is 5.32 Å². The molecule has 18 heavy (non-hydrogen) atoms. The smallest absolute Gasteiger partial charge is 0.220 e. The molecule has 0 radical (unpaired) electrons. The van der Waals surface area contributed by atoms with Gasteiger partial charge >= 0.3 is 0 Å². The maximum Gasteiger partial charge on any atom is 0.220 e. The van der Waals surface area contributed by atoms with Gasteiger partial charge in [-0.1, -0.05) is 12.1 Å². The average molecular weight is 248 g/mol. The van der Waals surface area contributed by atoms with Crippen LogP contribution in [0.2, 0.25) is 0 Å². The van der Waals surface area contributed by atoms with Gasteiger partial charge in [0.1, 0.15) is 0 Å². The van der Waals surface area contributed by atoms with Crippen molar-refractivity contribution in [2.24, 2.45) is 0 Å². The Kier molecular flexibility index (Phi) is 3.87. The predicted molar refractivity (Wildman–Crippen MR) is 70.9 cm³/mol. The Bertz CT molecular complexity index is 441. The molecule has 4 N–H and O–H groups in total. The number of carbonyl (C=O) groups excluding carboxylic acids is 1. The molecular weight excluding hydrogens is 228 g/mol. The van der Waals surface area contributed by atoms with Crippen molar-refractivity contribution in [3.63, 3.8) is 0 Å². The van der Waals surface area contributed by atoms with Gasteiger partial charge in [0, 0.05) is 18.2 Å². The summed E-state index contributed by atoms with van der Waals surface area (Å²) in [5, 5.41) is 12.9. The molecule has 1 aromatic rings. The molecular formula is C14H20N2O2. The molecule has 4 nitrogen and oxygen atoms in total. The largest absolute Gasteiger partial charge is 0.399 e. The van der Waals surface area contributed by atoms with Crippen LogP contribution in [0, 0.1) is 6.92 Å². The summed E-state index contributed by atoms with van der Waals surface area (Å²) >= 11 is 0. The maximum atomic E-state index is 11.5. The van der Waals surface area contributed by atoms with Crippen molar-refractivity contribution in [3.05, 3.63) is 29.3 Å². The van der Waals surface area contributed by atoms with E-state index in [1.807, 2.05) is 19.1 Å². The van der Waals surface area contributed by atoms with Gasteiger partial charge in [0.05, 0.1) is 6.10 Å². The van der Waals surface area contributed by atoms with E-state index in [1.54, 1.807) is 6.07 Å². The topological polar surface area (TPSA) is 75.3 Å². The van der Waals surface area contributed by atoms with Crippen LogP contribution < -0.4 is 11.1 Å². The first kappa shape index (κ1) is 12.9. The fourth-order valence-electron chi connectivity index (χ4n) is 1.83. The van der Waals surface area contributed by atoms with Crippen LogP contribution in [0.1, 0.15) is 42.9 Å². The zero-order valence-electron chi connectivity index (χ0n) is 10.6. The maximum absolute atomic E-state index is 11.5. The first-order valence-corrected chi connectivity index (χ1v) is 6.39. The van der Waals surface area contributed by atoms with Crippen molar-refractivity contribution in [3.8, 4) is 0 Å². The summed E-state index contributed by atoms with van der Waals surface area (Å²) < 4.78 is 0. The van der Waals surface area contributed by atoms with Crippen molar-refractivity contribution >= 4 is 11.6 Å². The summed E-state index contributed by atoms with van der Waals surface area (Å²) in [6.45, 7) is 1.93. The number of aliphatic hydroxyl groups is 1. The molecule has 0 bridgehead atoms. The lowest BCUT2D eigenvalue weighted by atomic mass is 10.0.